The quantitative estimate of drug-likeness (QED) is 0.430. The van der Waals surface area contributed by atoms with Crippen LogP contribution in [-0.4, -0.2) is 32.1 Å². The van der Waals surface area contributed by atoms with Gasteiger partial charge in [0.2, 0.25) is 0 Å². The number of aryl methyl sites for hydroxylation is 2. The number of hydrogen-bond donors (Lipinski definition) is 1. The number of alkyl halides is 2. The fourth-order valence-corrected chi connectivity index (χ4v) is 3.77. The van der Waals surface area contributed by atoms with E-state index in [2.05, 4.69) is 20.4 Å². The lowest BCUT2D eigenvalue weighted by Crippen LogP contribution is -2.29. The van der Waals surface area contributed by atoms with E-state index >= 15 is 0 Å². The summed E-state index contributed by atoms with van der Waals surface area (Å²) in [5.41, 5.74) is 4.42. The van der Waals surface area contributed by atoms with Crippen molar-refractivity contribution in [2.45, 2.75) is 26.5 Å². The molecule has 1 aromatic carbocycles. The number of amides is 1. The Bertz CT molecular complexity index is 1330. The lowest BCUT2D eigenvalue weighted by Gasteiger charge is -2.15. The number of nitrogens with zero attached hydrogens (tertiary/aromatic N) is 4. The van der Waals surface area contributed by atoms with Crippen molar-refractivity contribution in [2.24, 2.45) is 7.05 Å². The minimum absolute atomic E-state index is 0.0387. The Balaban J connectivity index is 1.66. The highest BCUT2D eigenvalue weighted by molar-refractivity contribution is 6.31. The highest BCUT2D eigenvalue weighted by Crippen LogP contribution is 2.33. The molecule has 0 aliphatic heterocycles. The average molecular weight is 472 g/mol. The summed E-state index contributed by atoms with van der Waals surface area (Å²) < 4.78 is 32.9. The van der Waals surface area contributed by atoms with E-state index in [1.165, 1.54) is 12.4 Å². The predicted molar refractivity (Wildman–Crippen MR) is 120 cm³/mol. The van der Waals surface area contributed by atoms with Gasteiger partial charge in [0.1, 0.15) is 17.9 Å². The summed E-state index contributed by atoms with van der Waals surface area (Å²) in [6.07, 6.45) is 1.53. The third-order valence-electron chi connectivity index (χ3n) is 5.14. The summed E-state index contributed by atoms with van der Waals surface area (Å²) in [6, 6.07) is 9.55. The zero-order chi connectivity index (χ0) is 23.5. The van der Waals surface area contributed by atoms with Crippen molar-refractivity contribution in [1.29, 1.82) is 0 Å². The van der Waals surface area contributed by atoms with Gasteiger partial charge in [-0.1, -0.05) is 23.7 Å². The molecule has 1 N–H and O–H groups in total. The van der Waals surface area contributed by atoms with Crippen LogP contribution in [0.25, 0.3) is 22.2 Å². The van der Waals surface area contributed by atoms with Crippen molar-refractivity contribution in [1.82, 2.24) is 25.1 Å². The molecule has 10 heteroatoms. The molecule has 0 saturated heterocycles. The van der Waals surface area contributed by atoms with Crippen molar-refractivity contribution >= 4 is 28.4 Å². The Kier molecular flexibility index (Phi) is 6.50. The summed E-state index contributed by atoms with van der Waals surface area (Å²) in [5, 5.41) is 7.62. The van der Waals surface area contributed by atoms with Crippen molar-refractivity contribution in [3.8, 4) is 17.0 Å². The van der Waals surface area contributed by atoms with Crippen molar-refractivity contribution in [3.63, 3.8) is 0 Å². The smallest absolute Gasteiger partial charge is 0.315 e. The van der Waals surface area contributed by atoms with E-state index < -0.39 is 12.3 Å². The van der Waals surface area contributed by atoms with Gasteiger partial charge in [-0.25, -0.2) is 4.98 Å². The number of carbonyl (C=O) groups is 1. The van der Waals surface area contributed by atoms with E-state index in [0.717, 1.165) is 22.3 Å². The van der Waals surface area contributed by atoms with Gasteiger partial charge in [0.25, 0.3) is 5.91 Å². The van der Waals surface area contributed by atoms with Crippen LogP contribution in [0.1, 0.15) is 16.8 Å². The van der Waals surface area contributed by atoms with Gasteiger partial charge in [0.05, 0.1) is 10.7 Å². The first kappa shape index (κ1) is 22.6. The second-order valence-corrected chi connectivity index (χ2v) is 7.78. The zero-order valence-electron chi connectivity index (χ0n) is 17.8. The largest absolute Gasteiger partial charge is 0.487 e. The third kappa shape index (κ3) is 4.78. The summed E-state index contributed by atoms with van der Waals surface area (Å²) in [4.78, 5) is 19.9. The molecule has 0 spiro atoms. The standard InChI is InChI=1S/C23H20ClF2N5O2/c1-13-8-16(19-6-7-29-31(19)2)15-4-3-5-20(21(15)30-13)33-12-17-14(9-27-11-18(17)24)10-28-23(32)22(25)26/h3-9,11,22H,10,12H2,1-2H3,(H,28,32). The number of pyridine rings is 2. The lowest BCUT2D eigenvalue weighted by atomic mass is 10.0. The molecular formula is C23H20ClF2N5O2. The van der Waals surface area contributed by atoms with E-state index in [1.54, 1.807) is 16.9 Å². The molecule has 4 rings (SSSR count). The number of aromatic nitrogens is 4. The molecule has 170 valence electrons. The van der Waals surface area contributed by atoms with Gasteiger partial charge < -0.3 is 10.1 Å². The van der Waals surface area contributed by atoms with Gasteiger partial charge in [-0.15, -0.1) is 0 Å². The van der Waals surface area contributed by atoms with E-state index in [1.807, 2.05) is 38.2 Å². The van der Waals surface area contributed by atoms with E-state index in [0.29, 0.717) is 27.4 Å². The van der Waals surface area contributed by atoms with E-state index in [9.17, 15) is 13.6 Å². The van der Waals surface area contributed by atoms with Crippen LogP contribution in [-0.2, 0) is 25.0 Å². The Morgan fingerprint density at radius 1 is 1.27 bits per heavy atom. The summed E-state index contributed by atoms with van der Waals surface area (Å²) in [5.74, 6) is -0.826. The van der Waals surface area contributed by atoms with Crippen LogP contribution in [0.3, 0.4) is 0 Å². The maximum atomic E-state index is 12.5. The SMILES string of the molecule is Cc1cc(-c2ccnn2C)c2cccc(OCc3c(Cl)cncc3CNC(=O)C(F)F)c2n1. The van der Waals surface area contributed by atoms with Gasteiger partial charge in [-0.3, -0.25) is 14.5 Å². The van der Waals surface area contributed by atoms with Crippen LogP contribution in [0.5, 0.6) is 5.75 Å². The number of carbonyl (C=O) groups excluding carboxylic acids is 1. The minimum Gasteiger partial charge on any atom is -0.487 e. The first-order valence-corrected chi connectivity index (χ1v) is 10.4. The number of fused-ring (bicyclic) bond motifs is 1. The molecule has 33 heavy (non-hydrogen) atoms. The molecular weight excluding hydrogens is 452 g/mol. The Morgan fingerprint density at radius 3 is 2.82 bits per heavy atom. The monoisotopic (exact) mass is 471 g/mol. The normalized spacial score (nSPS) is 11.2. The zero-order valence-corrected chi connectivity index (χ0v) is 18.6. The number of para-hydroxylation sites is 1. The van der Waals surface area contributed by atoms with Gasteiger partial charge in [0, 0.05) is 54.4 Å². The fourth-order valence-electron chi connectivity index (χ4n) is 3.54. The predicted octanol–water partition coefficient (Wildman–Crippen LogP) is 4.45. The molecule has 0 aliphatic rings. The van der Waals surface area contributed by atoms with E-state index in [4.69, 9.17) is 16.3 Å². The Labute approximate surface area is 193 Å². The Hall–Kier alpha value is -3.59. The maximum absolute atomic E-state index is 12.5. The van der Waals surface area contributed by atoms with Gasteiger partial charge in [-0.2, -0.15) is 13.9 Å². The van der Waals surface area contributed by atoms with E-state index in [-0.39, 0.29) is 13.2 Å². The third-order valence-corrected chi connectivity index (χ3v) is 5.47. The molecule has 0 atom stereocenters. The fraction of sp³-hybridized carbons (Fsp3) is 0.217. The van der Waals surface area contributed by atoms with Crippen LogP contribution < -0.4 is 10.1 Å². The molecule has 0 bridgehead atoms. The first-order valence-electron chi connectivity index (χ1n) is 10.0. The van der Waals surface area contributed by atoms with Crippen LogP contribution in [0.2, 0.25) is 5.02 Å². The van der Waals surface area contributed by atoms with Gasteiger partial charge >= 0.3 is 6.43 Å². The molecule has 3 aromatic heterocycles. The molecule has 4 aromatic rings. The molecule has 0 fully saturated rings. The second kappa shape index (κ2) is 9.50. The van der Waals surface area contributed by atoms with Gasteiger partial charge in [0.15, 0.2) is 0 Å². The highest BCUT2D eigenvalue weighted by atomic mass is 35.5. The summed E-state index contributed by atoms with van der Waals surface area (Å²) >= 11 is 6.30. The Morgan fingerprint density at radius 2 is 2.09 bits per heavy atom. The van der Waals surface area contributed by atoms with Crippen LogP contribution in [0.4, 0.5) is 8.78 Å². The molecule has 0 saturated carbocycles. The average Bonchev–Trinajstić information content (AvgIpc) is 3.21. The van der Waals surface area contributed by atoms with Crippen molar-refractivity contribution < 1.29 is 18.3 Å². The first-order chi connectivity index (χ1) is 15.8. The molecule has 0 unspecified atom stereocenters. The van der Waals surface area contributed by atoms with Crippen LogP contribution in [0, 0.1) is 6.92 Å². The summed E-state index contributed by atoms with van der Waals surface area (Å²) in [6.45, 7) is 1.80. The molecule has 0 aliphatic carbocycles. The number of hydrogen-bond acceptors (Lipinski definition) is 5. The van der Waals surface area contributed by atoms with Crippen molar-refractivity contribution in [3.05, 3.63) is 70.8 Å². The topological polar surface area (TPSA) is 81.9 Å². The maximum Gasteiger partial charge on any atom is 0.315 e. The number of ether oxygens (including phenoxy) is 1. The number of nitrogens with one attached hydrogen (secondary N) is 1. The second-order valence-electron chi connectivity index (χ2n) is 7.37. The minimum atomic E-state index is -3.10. The van der Waals surface area contributed by atoms with Crippen LogP contribution in [0.15, 0.2) is 48.9 Å². The number of benzene rings is 1. The highest BCUT2D eigenvalue weighted by Gasteiger charge is 2.17. The number of rotatable bonds is 7. The summed E-state index contributed by atoms with van der Waals surface area (Å²) in [7, 11) is 1.87. The lowest BCUT2D eigenvalue weighted by molar-refractivity contribution is -0.131. The van der Waals surface area contributed by atoms with Crippen LogP contribution >= 0.6 is 11.6 Å². The molecule has 0 radical (unpaired) electrons. The molecule has 7 nitrogen and oxygen atoms in total. The van der Waals surface area contributed by atoms with Gasteiger partial charge in [-0.05, 0) is 30.7 Å². The van der Waals surface area contributed by atoms with Crippen molar-refractivity contribution in [2.75, 3.05) is 0 Å². The number of halogens is 3. The molecule has 1 amide bonds. The molecule has 3 heterocycles.